The number of benzene rings is 2. The molecule has 166 valence electrons. The molecule has 1 aliphatic rings. The Morgan fingerprint density at radius 2 is 1.81 bits per heavy atom. The van der Waals surface area contributed by atoms with Gasteiger partial charge in [-0.15, -0.1) is 0 Å². The lowest BCUT2D eigenvalue weighted by Crippen LogP contribution is -2.37. The van der Waals surface area contributed by atoms with Crippen molar-refractivity contribution in [2.75, 3.05) is 33.9 Å². The summed E-state index contributed by atoms with van der Waals surface area (Å²) in [7, 11) is 3.19. The highest BCUT2D eigenvalue weighted by Gasteiger charge is 2.41. The van der Waals surface area contributed by atoms with E-state index >= 15 is 0 Å². The minimum absolute atomic E-state index is 0.0528. The summed E-state index contributed by atoms with van der Waals surface area (Å²) < 4.78 is 10.9. The molecule has 0 spiro atoms. The van der Waals surface area contributed by atoms with Gasteiger partial charge in [-0.25, -0.2) is 0 Å². The van der Waals surface area contributed by atoms with Crippen LogP contribution in [0.1, 0.15) is 35.7 Å². The molecule has 2 amide bonds. The summed E-state index contributed by atoms with van der Waals surface area (Å²) in [5.74, 6) is 0.921. The molecule has 1 aliphatic heterocycles. The van der Waals surface area contributed by atoms with E-state index in [0.717, 1.165) is 5.56 Å². The molecule has 0 unspecified atom stereocenters. The van der Waals surface area contributed by atoms with Gasteiger partial charge >= 0.3 is 0 Å². The zero-order valence-electron chi connectivity index (χ0n) is 18.4. The van der Waals surface area contributed by atoms with E-state index in [1.807, 2.05) is 18.2 Å². The number of methoxy groups -OCH3 is 2. The van der Waals surface area contributed by atoms with Gasteiger partial charge in [-0.2, -0.15) is 0 Å². The molecule has 0 aromatic heterocycles. The van der Waals surface area contributed by atoms with Crippen molar-refractivity contribution in [3.8, 4) is 11.5 Å². The molecule has 1 heterocycles. The number of ether oxygens (including phenoxy) is 2. The number of likely N-dealkylation sites (tertiary alicyclic amines) is 1. The fourth-order valence-corrected chi connectivity index (χ4v) is 4.01. The third-order valence-corrected chi connectivity index (χ3v) is 5.81. The number of carbonyl (C=O) groups excluding carboxylic acids is 2. The molecule has 3 rings (SSSR count). The van der Waals surface area contributed by atoms with Crippen LogP contribution in [0.4, 0.5) is 0 Å². The lowest BCUT2D eigenvalue weighted by molar-refractivity contribution is -0.125. The molecule has 0 radical (unpaired) electrons. The summed E-state index contributed by atoms with van der Waals surface area (Å²) in [6.07, 6.45) is 0. The normalized spacial score (nSPS) is 18.2. The molecule has 2 atom stereocenters. The van der Waals surface area contributed by atoms with E-state index in [9.17, 15) is 9.59 Å². The number of amides is 2. The van der Waals surface area contributed by atoms with Crippen molar-refractivity contribution in [2.45, 2.75) is 19.8 Å². The van der Waals surface area contributed by atoms with Crippen LogP contribution in [-0.2, 0) is 4.79 Å². The second-order valence-corrected chi connectivity index (χ2v) is 8.61. The lowest BCUT2D eigenvalue weighted by atomic mass is 9.87. The third-order valence-electron chi connectivity index (χ3n) is 5.56. The molecule has 2 aromatic carbocycles. The Bertz CT molecular complexity index is 930. The molecule has 0 aliphatic carbocycles. The van der Waals surface area contributed by atoms with Gasteiger partial charge < -0.3 is 19.7 Å². The third kappa shape index (κ3) is 5.31. The predicted molar refractivity (Wildman–Crippen MR) is 121 cm³/mol. The van der Waals surface area contributed by atoms with Gasteiger partial charge in [0.15, 0.2) is 0 Å². The second kappa shape index (κ2) is 10.1. The highest BCUT2D eigenvalue weighted by Crippen LogP contribution is 2.39. The maximum atomic E-state index is 13.1. The van der Waals surface area contributed by atoms with Crippen molar-refractivity contribution >= 4 is 23.4 Å². The smallest absolute Gasteiger partial charge is 0.253 e. The average Bonchev–Trinajstić information content (AvgIpc) is 3.22. The van der Waals surface area contributed by atoms with Gasteiger partial charge in [0.05, 0.1) is 20.1 Å². The van der Waals surface area contributed by atoms with E-state index in [4.69, 9.17) is 21.1 Å². The zero-order chi connectivity index (χ0) is 22.5. The first-order valence-electron chi connectivity index (χ1n) is 10.4. The van der Waals surface area contributed by atoms with Crippen molar-refractivity contribution in [1.29, 1.82) is 0 Å². The predicted octanol–water partition coefficient (Wildman–Crippen LogP) is 3.99. The van der Waals surface area contributed by atoms with Crippen LogP contribution in [0.15, 0.2) is 42.5 Å². The Labute approximate surface area is 188 Å². The Kier molecular flexibility index (Phi) is 7.44. The molecule has 31 heavy (non-hydrogen) atoms. The standard InChI is InChI=1S/C24H29ClN2O4/c1-15(2)12-26-23(28)21-14-27(24(29)16-5-7-17(25)8-6-16)13-20(21)19-10-9-18(30-3)11-22(19)31-4/h5-11,15,20-21H,12-14H2,1-4H3,(H,26,28)/t20-,21-/m1/s1. The van der Waals surface area contributed by atoms with Gasteiger partial charge in [0.25, 0.3) is 5.91 Å². The van der Waals surface area contributed by atoms with Crippen LogP contribution in [0.5, 0.6) is 11.5 Å². The number of hydrogen-bond acceptors (Lipinski definition) is 4. The van der Waals surface area contributed by atoms with E-state index in [-0.39, 0.29) is 23.7 Å². The van der Waals surface area contributed by atoms with Gasteiger partial charge in [-0.1, -0.05) is 31.5 Å². The average molecular weight is 445 g/mol. The van der Waals surface area contributed by atoms with Crippen LogP contribution in [0.3, 0.4) is 0 Å². The van der Waals surface area contributed by atoms with Gasteiger partial charge in [-0.05, 0) is 36.2 Å². The van der Waals surface area contributed by atoms with Gasteiger partial charge in [-0.3, -0.25) is 9.59 Å². The van der Waals surface area contributed by atoms with Crippen LogP contribution in [-0.4, -0.2) is 50.6 Å². The topological polar surface area (TPSA) is 67.9 Å². The molecule has 2 aromatic rings. The minimum Gasteiger partial charge on any atom is -0.497 e. The Balaban J connectivity index is 1.91. The highest BCUT2D eigenvalue weighted by atomic mass is 35.5. The molecule has 0 bridgehead atoms. The maximum absolute atomic E-state index is 13.1. The minimum atomic E-state index is -0.378. The number of halogens is 1. The van der Waals surface area contributed by atoms with Crippen molar-refractivity contribution in [1.82, 2.24) is 10.2 Å². The first-order chi connectivity index (χ1) is 14.8. The Morgan fingerprint density at radius 3 is 2.42 bits per heavy atom. The largest absolute Gasteiger partial charge is 0.497 e. The molecule has 7 heteroatoms. The zero-order valence-corrected chi connectivity index (χ0v) is 19.1. The second-order valence-electron chi connectivity index (χ2n) is 8.18. The first kappa shape index (κ1) is 22.9. The van der Waals surface area contributed by atoms with Gasteiger partial charge in [0.2, 0.25) is 5.91 Å². The SMILES string of the molecule is COc1ccc([C@H]2CN(C(=O)c3ccc(Cl)cc3)C[C@H]2C(=O)NCC(C)C)c(OC)c1. The quantitative estimate of drug-likeness (QED) is 0.701. The summed E-state index contributed by atoms with van der Waals surface area (Å²) in [5.41, 5.74) is 1.44. The van der Waals surface area contributed by atoms with Crippen molar-refractivity contribution in [3.63, 3.8) is 0 Å². The maximum Gasteiger partial charge on any atom is 0.253 e. The number of nitrogens with zero attached hydrogens (tertiary/aromatic N) is 1. The van der Waals surface area contributed by atoms with E-state index in [1.54, 1.807) is 43.4 Å². The van der Waals surface area contributed by atoms with E-state index in [2.05, 4.69) is 19.2 Å². The monoisotopic (exact) mass is 444 g/mol. The van der Waals surface area contributed by atoms with E-state index in [0.29, 0.717) is 47.6 Å². The van der Waals surface area contributed by atoms with Crippen molar-refractivity contribution in [2.24, 2.45) is 11.8 Å². The van der Waals surface area contributed by atoms with Crippen LogP contribution in [0, 0.1) is 11.8 Å². The number of nitrogens with one attached hydrogen (secondary N) is 1. The van der Waals surface area contributed by atoms with Gasteiger partial charge in [0, 0.05) is 47.8 Å². The van der Waals surface area contributed by atoms with Crippen LogP contribution in [0.2, 0.25) is 5.02 Å². The van der Waals surface area contributed by atoms with E-state index < -0.39 is 0 Å². The molecule has 1 fully saturated rings. The van der Waals surface area contributed by atoms with Crippen LogP contribution < -0.4 is 14.8 Å². The number of hydrogen-bond donors (Lipinski definition) is 1. The van der Waals surface area contributed by atoms with Crippen molar-refractivity contribution in [3.05, 3.63) is 58.6 Å². The van der Waals surface area contributed by atoms with E-state index in [1.165, 1.54) is 0 Å². The molecule has 1 N–H and O–H groups in total. The summed E-state index contributed by atoms with van der Waals surface area (Å²) in [5, 5.41) is 3.60. The van der Waals surface area contributed by atoms with Gasteiger partial charge in [0.1, 0.15) is 11.5 Å². The lowest BCUT2D eigenvalue weighted by Gasteiger charge is -2.21. The summed E-state index contributed by atoms with van der Waals surface area (Å²) in [6.45, 7) is 5.45. The molecule has 0 saturated carbocycles. The number of rotatable bonds is 7. The fourth-order valence-electron chi connectivity index (χ4n) is 3.89. The fraction of sp³-hybridized carbons (Fsp3) is 0.417. The number of carbonyl (C=O) groups is 2. The Hall–Kier alpha value is -2.73. The molecular weight excluding hydrogens is 416 g/mol. The van der Waals surface area contributed by atoms with Crippen LogP contribution in [0.25, 0.3) is 0 Å². The summed E-state index contributed by atoms with van der Waals surface area (Å²) in [6, 6.07) is 12.4. The van der Waals surface area contributed by atoms with Crippen LogP contribution >= 0.6 is 11.6 Å². The first-order valence-corrected chi connectivity index (χ1v) is 10.8. The van der Waals surface area contributed by atoms with Crippen molar-refractivity contribution < 1.29 is 19.1 Å². The Morgan fingerprint density at radius 1 is 1.10 bits per heavy atom. The highest BCUT2D eigenvalue weighted by molar-refractivity contribution is 6.30. The summed E-state index contributed by atoms with van der Waals surface area (Å²) >= 11 is 5.96. The molecule has 6 nitrogen and oxygen atoms in total. The molecular formula is C24H29ClN2O4. The molecule has 1 saturated heterocycles. The summed E-state index contributed by atoms with van der Waals surface area (Å²) in [4.78, 5) is 27.9.